The largest absolute Gasteiger partial charge is 0.335 e. The average molecular weight is 274 g/mol. The Morgan fingerprint density at radius 3 is 2.65 bits per heavy atom. The van der Waals surface area contributed by atoms with Crippen LogP contribution in [0.3, 0.4) is 0 Å². The average Bonchev–Trinajstić information content (AvgIpc) is 2.68. The smallest absolute Gasteiger partial charge is 0.319 e. The minimum Gasteiger partial charge on any atom is -0.335 e. The quantitative estimate of drug-likeness (QED) is 0.827. The first-order valence-electron chi connectivity index (χ1n) is 7.04. The summed E-state index contributed by atoms with van der Waals surface area (Å²) < 4.78 is 0. The Labute approximate surface area is 119 Å². The SMILES string of the molecule is CC(=O)c1cccc(NC(=O)NC2CCC(C)(C)C2)c1. The van der Waals surface area contributed by atoms with Crippen molar-refractivity contribution in [2.75, 3.05) is 5.32 Å². The highest BCUT2D eigenvalue weighted by atomic mass is 16.2. The van der Waals surface area contributed by atoms with Crippen LogP contribution in [0.2, 0.25) is 0 Å². The lowest BCUT2D eigenvalue weighted by Gasteiger charge is -2.18. The molecule has 4 heteroatoms. The molecule has 0 spiro atoms. The number of hydrogen-bond acceptors (Lipinski definition) is 2. The van der Waals surface area contributed by atoms with Gasteiger partial charge in [0.15, 0.2) is 5.78 Å². The number of benzene rings is 1. The van der Waals surface area contributed by atoms with Gasteiger partial charge in [0.25, 0.3) is 0 Å². The van der Waals surface area contributed by atoms with E-state index in [1.54, 1.807) is 24.3 Å². The Morgan fingerprint density at radius 1 is 1.30 bits per heavy atom. The Hall–Kier alpha value is -1.84. The molecule has 0 aromatic heterocycles. The summed E-state index contributed by atoms with van der Waals surface area (Å²) in [6.07, 6.45) is 3.17. The van der Waals surface area contributed by atoms with Gasteiger partial charge in [-0.2, -0.15) is 0 Å². The van der Waals surface area contributed by atoms with E-state index < -0.39 is 0 Å². The van der Waals surface area contributed by atoms with E-state index >= 15 is 0 Å². The van der Waals surface area contributed by atoms with Gasteiger partial charge >= 0.3 is 6.03 Å². The number of rotatable bonds is 3. The van der Waals surface area contributed by atoms with E-state index in [-0.39, 0.29) is 17.9 Å². The number of carbonyl (C=O) groups is 2. The highest BCUT2D eigenvalue weighted by molar-refractivity contribution is 5.96. The van der Waals surface area contributed by atoms with Crippen LogP contribution < -0.4 is 10.6 Å². The maximum atomic E-state index is 12.0. The van der Waals surface area contributed by atoms with Crippen LogP contribution >= 0.6 is 0 Å². The standard InChI is InChI=1S/C16H22N2O2/c1-11(19)12-5-4-6-13(9-12)17-15(20)18-14-7-8-16(2,3)10-14/h4-6,9,14H,7-8,10H2,1-3H3,(H2,17,18,20). The lowest BCUT2D eigenvalue weighted by Crippen LogP contribution is -2.36. The fourth-order valence-electron chi connectivity index (χ4n) is 2.73. The minimum absolute atomic E-state index is 0.00778. The zero-order chi connectivity index (χ0) is 14.8. The van der Waals surface area contributed by atoms with E-state index in [0.717, 1.165) is 19.3 Å². The Kier molecular flexibility index (Phi) is 4.12. The second kappa shape index (κ2) is 5.65. The van der Waals surface area contributed by atoms with Crippen molar-refractivity contribution in [3.63, 3.8) is 0 Å². The lowest BCUT2D eigenvalue weighted by atomic mass is 9.92. The number of urea groups is 1. The third kappa shape index (κ3) is 3.83. The topological polar surface area (TPSA) is 58.2 Å². The summed E-state index contributed by atoms with van der Waals surface area (Å²) in [6, 6.07) is 7.02. The number of carbonyl (C=O) groups excluding carboxylic acids is 2. The molecule has 1 aliphatic carbocycles. The van der Waals surface area contributed by atoms with Gasteiger partial charge in [0.05, 0.1) is 0 Å². The molecule has 2 N–H and O–H groups in total. The number of nitrogens with one attached hydrogen (secondary N) is 2. The molecule has 2 rings (SSSR count). The van der Waals surface area contributed by atoms with Gasteiger partial charge in [-0.3, -0.25) is 4.79 Å². The number of hydrogen-bond donors (Lipinski definition) is 2. The van der Waals surface area contributed by atoms with E-state index in [1.165, 1.54) is 6.92 Å². The molecular weight excluding hydrogens is 252 g/mol. The summed E-state index contributed by atoms with van der Waals surface area (Å²) in [7, 11) is 0. The summed E-state index contributed by atoms with van der Waals surface area (Å²) in [5, 5.41) is 5.79. The van der Waals surface area contributed by atoms with Crippen molar-refractivity contribution in [2.24, 2.45) is 5.41 Å². The zero-order valence-electron chi connectivity index (χ0n) is 12.3. The minimum atomic E-state index is -0.201. The number of Topliss-reactive ketones (excluding diaryl/α,β-unsaturated/α-hetero) is 1. The highest BCUT2D eigenvalue weighted by Gasteiger charge is 2.31. The fourth-order valence-corrected chi connectivity index (χ4v) is 2.73. The molecule has 1 aromatic carbocycles. The number of ketones is 1. The van der Waals surface area contributed by atoms with Gasteiger partial charge < -0.3 is 10.6 Å². The molecule has 0 saturated heterocycles. The highest BCUT2D eigenvalue weighted by Crippen LogP contribution is 2.36. The van der Waals surface area contributed by atoms with Crippen LogP contribution in [-0.2, 0) is 0 Å². The first-order valence-corrected chi connectivity index (χ1v) is 7.04. The van der Waals surface area contributed by atoms with E-state index in [9.17, 15) is 9.59 Å². The van der Waals surface area contributed by atoms with Crippen molar-refractivity contribution >= 4 is 17.5 Å². The second-order valence-corrected chi connectivity index (χ2v) is 6.34. The van der Waals surface area contributed by atoms with Crippen LogP contribution in [0.1, 0.15) is 50.4 Å². The van der Waals surface area contributed by atoms with Crippen molar-refractivity contribution in [3.8, 4) is 0 Å². The van der Waals surface area contributed by atoms with Gasteiger partial charge in [-0.15, -0.1) is 0 Å². The molecule has 2 amide bonds. The maximum absolute atomic E-state index is 12.0. The van der Waals surface area contributed by atoms with Crippen LogP contribution in [-0.4, -0.2) is 17.9 Å². The number of amides is 2. The van der Waals surface area contributed by atoms with E-state index in [0.29, 0.717) is 16.7 Å². The zero-order valence-corrected chi connectivity index (χ0v) is 12.3. The third-order valence-corrected chi connectivity index (χ3v) is 3.83. The lowest BCUT2D eigenvalue weighted by molar-refractivity contribution is 0.101. The van der Waals surface area contributed by atoms with Gasteiger partial charge in [-0.05, 0) is 43.7 Å². The molecule has 4 nitrogen and oxygen atoms in total. The van der Waals surface area contributed by atoms with Gasteiger partial charge in [-0.1, -0.05) is 26.0 Å². The van der Waals surface area contributed by atoms with Crippen molar-refractivity contribution < 1.29 is 9.59 Å². The van der Waals surface area contributed by atoms with Crippen LogP contribution in [0.5, 0.6) is 0 Å². The molecule has 1 atom stereocenters. The molecule has 108 valence electrons. The summed E-state index contributed by atoms with van der Waals surface area (Å²) >= 11 is 0. The molecule has 1 aliphatic rings. The Balaban J connectivity index is 1.92. The second-order valence-electron chi connectivity index (χ2n) is 6.34. The first-order chi connectivity index (χ1) is 9.35. The fraction of sp³-hybridized carbons (Fsp3) is 0.500. The molecule has 0 bridgehead atoms. The van der Waals surface area contributed by atoms with Crippen molar-refractivity contribution in [1.82, 2.24) is 5.32 Å². The predicted molar refractivity (Wildman–Crippen MR) is 80.0 cm³/mol. The molecule has 1 aromatic rings. The molecule has 0 heterocycles. The summed E-state index contributed by atoms with van der Waals surface area (Å²) in [4.78, 5) is 23.3. The predicted octanol–water partition coefficient (Wildman–Crippen LogP) is 3.59. The van der Waals surface area contributed by atoms with Crippen molar-refractivity contribution in [1.29, 1.82) is 0 Å². The molecule has 1 fully saturated rings. The number of anilines is 1. The van der Waals surface area contributed by atoms with Crippen LogP contribution in [0.25, 0.3) is 0 Å². The van der Waals surface area contributed by atoms with Crippen LogP contribution in [0.4, 0.5) is 10.5 Å². The summed E-state index contributed by atoms with van der Waals surface area (Å²) in [6.45, 7) is 5.96. The summed E-state index contributed by atoms with van der Waals surface area (Å²) in [5.74, 6) is -0.00778. The van der Waals surface area contributed by atoms with Crippen molar-refractivity contribution in [2.45, 2.75) is 46.1 Å². The van der Waals surface area contributed by atoms with Gasteiger partial charge in [0.1, 0.15) is 0 Å². The monoisotopic (exact) mass is 274 g/mol. The molecule has 1 unspecified atom stereocenters. The normalized spacial score (nSPS) is 20.4. The molecular formula is C16H22N2O2. The van der Waals surface area contributed by atoms with Gasteiger partial charge in [0.2, 0.25) is 0 Å². The van der Waals surface area contributed by atoms with Crippen LogP contribution in [0, 0.1) is 5.41 Å². The summed E-state index contributed by atoms with van der Waals surface area (Å²) in [5.41, 5.74) is 1.56. The molecule has 0 aliphatic heterocycles. The molecule has 20 heavy (non-hydrogen) atoms. The first kappa shape index (κ1) is 14.6. The third-order valence-electron chi connectivity index (χ3n) is 3.83. The van der Waals surface area contributed by atoms with E-state index in [4.69, 9.17) is 0 Å². The Bertz CT molecular complexity index is 523. The van der Waals surface area contributed by atoms with E-state index in [1.807, 2.05) is 0 Å². The maximum Gasteiger partial charge on any atom is 0.319 e. The molecule has 0 radical (unpaired) electrons. The van der Waals surface area contributed by atoms with Gasteiger partial charge in [-0.25, -0.2) is 4.79 Å². The molecule has 1 saturated carbocycles. The van der Waals surface area contributed by atoms with E-state index in [2.05, 4.69) is 24.5 Å². The Morgan fingerprint density at radius 2 is 2.05 bits per heavy atom. The van der Waals surface area contributed by atoms with Gasteiger partial charge in [0, 0.05) is 17.3 Å². The van der Waals surface area contributed by atoms with Crippen LogP contribution in [0.15, 0.2) is 24.3 Å². The van der Waals surface area contributed by atoms with Crippen molar-refractivity contribution in [3.05, 3.63) is 29.8 Å².